The van der Waals surface area contributed by atoms with Crippen molar-refractivity contribution in [2.75, 3.05) is 5.32 Å². The molecule has 1 unspecified atom stereocenters. The molecular formula is C11H14ClN3O2. The first-order chi connectivity index (χ1) is 8.06. The van der Waals surface area contributed by atoms with E-state index in [1.54, 1.807) is 0 Å². The lowest BCUT2D eigenvalue weighted by molar-refractivity contribution is -0.384. The Balaban J connectivity index is 2.11. The van der Waals surface area contributed by atoms with Gasteiger partial charge in [-0.1, -0.05) is 24.4 Å². The maximum absolute atomic E-state index is 10.8. The topological polar surface area (TPSA) is 68.1 Å². The maximum Gasteiger partial charge on any atom is 0.311 e. The molecule has 1 fully saturated rings. The molecule has 5 nitrogen and oxygen atoms in total. The van der Waals surface area contributed by atoms with Crippen LogP contribution >= 0.6 is 11.6 Å². The van der Waals surface area contributed by atoms with Crippen LogP contribution in [0.2, 0.25) is 5.15 Å². The fourth-order valence-corrected chi connectivity index (χ4v) is 1.97. The predicted molar refractivity (Wildman–Crippen MR) is 66.3 cm³/mol. The van der Waals surface area contributed by atoms with E-state index in [9.17, 15) is 10.1 Å². The third-order valence-corrected chi connectivity index (χ3v) is 3.01. The summed E-state index contributed by atoms with van der Waals surface area (Å²) in [4.78, 5) is 14.4. The van der Waals surface area contributed by atoms with Crippen LogP contribution in [0.1, 0.15) is 26.2 Å². The quantitative estimate of drug-likeness (QED) is 0.498. The molecule has 0 aliphatic heterocycles. The highest BCUT2D eigenvalue weighted by Crippen LogP contribution is 2.34. The molecule has 0 aromatic carbocycles. The smallest absolute Gasteiger partial charge is 0.311 e. The van der Waals surface area contributed by atoms with E-state index in [2.05, 4.69) is 10.3 Å². The normalized spacial score (nSPS) is 16.6. The minimum atomic E-state index is -0.449. The number of nitro groups is 1. The molecule has 92 valence electrons. The van der Waals surface area contributed by atoms with Gasteiger partial charge < -0.3 is 5.32 Å². The Hall–Kier alpha value is -1.36. The van der Waals surface area contributed by atoms with E-state index < -0.39 is 4.92 Å². The van der Waals surface area contributed by atoms with Gasteiger partial charge in [0, 0.05) is 12.1 Å². The van der Waals surface area contributed by atoms with E-state index in [1.165, 1.54) is 25.0 Å². The summed E-state index contributed by atoms with van der Waals surface area (Å²) in [5.41, 5.74) is -0.0305. The second kappa shape index (κ2) is 4.87. The molecule has 0 radical (unpaired) electrons. The summed E-state index contributed by atoms with van der Waals surface area (Å²) < 4.78 is 0. The highest BCUT2D eigenvalue weighted by atomic mass is 35.5. The van der Waals surface area contributed by atoms with Crippen LogP contribution in [0.4, 0.5) is 11.5 Å². The third-order valence-electron chi connectivity index (χ3n) is 2.80. The highest BCUT2D eigenvalue weighted by Gasteiger charge is 2.25. The van der Waals surface area contributed by atoms with Crippen molar-refractivity contribution in [3.05, 3.63) is 27.4 Å². The molecule has 1 N–H and O–H groups in total. The molecule has 0 bridgehead atoms. The summed E-state index contributed by atoms with van der Waals surface area (Å²) in [7, 11) is 0. The molecule has 2 rings (SSSR count). The summed E-state index contributed by atoms with van der Waals surface area (Å²) in [5.74, 6) is 1.02. The number of anilines is 1. The molecule has 0 amide bonds. The maximum atomic E-state index is 10.8. The summed E-state index contributed by atoms with van der Waals surface area (Å²) in [6.07, 6.45) is 3.54. The van der Waals surface area contributed by atoms with Crippen molar-refractivity contribution in [2.24, 2.45) is 5.92 Å². The summed E-state index contributed by atoms with van der Waals surface area (Å²) in [6, 6.07) is 2.98. The van der Waals surface area contributed by atoms with Crippen LogP contribution in [0, 0.1) is 16.0 Å². The molecule has 1 aliphatic rings. The molecule has 1 aromatic heterocycles. The fraction of sp³-hybridized carbons (Fsp3) is 0.545. The Morgan fingerprint density at radius 3 is 2.94 bits per heavy atom. The minimum Gasteiger partial charge on any atom is -0.362 e. The Bertz CT molecular complexity index is 435. The third kappa shape index (κ3) is 3.30. The number of hydrogen-bond donors (Lipinski definition) is 1. The number of rotatable bonds is 5. The van der Waals surface area contributed by atoms with Crippen LogP contribution in [-0.4, -0.2) is 15.9 Å². The zero-order valence-electron chi connectivity index (χ0n) is 9.52. The van der Waals surface area contributed by atoms with Crippen molar-refractivity contribution in [3.63, 3.8) is 0 Å². The molecular weight excluding hydrogens is 242 g/mol. The van der Waals surface area contributed by atoms with E-state index in [-0.39, 0.29) is 22.7 Å². The van der Waals surface area contributed by atoms with Gasteiger partial charge in [0.15, 0.2) is 0 Å². The Kier molecular flexibility index (Phi) is 3.47. The van der Waals surface area contributed by atoms with Crippen LogP contribution in [0.3, 0.4) is 0 Å². The highest BCUT2D eigenvalue weighted by molar-refractivity contribution is 6.29. The van der Waals surface area contributed by atoms with Gasteiger partial charge in [-0.25, -0.2) is 4.98 Å². The van der Waals surface area contributed by atoms with Gasteiger partial charge in [-0.05, 0) is 25.3 Å². The molecule has 1 atom stereocenters. The van der Waals surface area contributed by atoms with Crippen molar-refractivity contribution in [3.8, 4) is 0 Å². The lowest BCUT2D eigenvalue weighted by atomic mass is 10.1. The number of aromatic nitrogens is 1. The molecule has 1 aliphatic carbocycles. The zero-order chi connectivity index (χ0) is 12.4. The van der Waals surface area contributed by atoms with Crippen molar-refractivity contribution in [1.29, 1.82) is 0 Å². The number of hydrogen-bond acceptors (Lipinski definition) is 4. The van der Waals surface area contributed by atoms with Crippen LogP contribution in [0.15, 0.2) is 12.1 Å². The van der Waals surface area contributed by atoms with Gasteiger partial charge in [-0.2, -0.15) is 0 Å². The zero-order valence-corrected chi connectivity index (χ0v) is 10.3. The van der Waals surface area contributed by atoms with Crippen molar-refractivity contribution < 1.29 is 4.92 Å². The van der Waals surface area contributed by atoms with Gasteiger partial charge in [0.1, 0.15) is 5.15 Å². The molecule has 0 spiro atoms. The number of nitrogens with zero attached hydrogens (tertiary/aromatic N) is 2. The van der Waals surface area contributed by atoms with Gasteiger partial charge in [0.2, 0.25) is 5.82 Å². The second-order valence-electron chi connectivity index (χ2n) is 4.48. The Labute approximate surface area is 104 Å². The lowest BCUT2D eigenvalue weighted by Gasteiger charge is -2.13. The summed E-state index contributed by atoms with van der Waals surface area (Å²) >= 11 is 5.75. The lowest BCUT2D eigenvalue weighted by Crippen LogP contribution is -2.17. The monoisotopic (exact) mass is 255 g/mol. The largest absolute Gasteiger partial charge is 0.362 e. The van der Waals surface area contributed by atoms with E-state index in [4.69, 9.17) is 11.6 Å². The van der Waals surface area contributed by atoms with Crippen molar-refractivity contribution >= 4 is 23.1 Å². The molecule has 1 aromatic rings. The second-order valence-corrected chi connectivity index (χ2v) is 4.87. The average Bonchev–Trinajstić information content (AvgIpc) is 3.00. The van der Waals surface area contributed by atoms with E-state index in [0.29, 0.717) is 0 Å². The SMILES string of the molecule is CC(CC1CC1)Nc1nc(Cl)ccc1[N+](=O)[O-]. The first-order valence-electron chi connectivity index (χ1n) is 5.63. The molecule has 1 heterocycles. The fourth-order valence-electron chi connectivity index (χ4n) is 1.83. The average molecular weight is 256 g/mol. The van der Waals surface area contributed by atoms with Gasteiger partial charge in [-0.15, -0.1) is 0 Å². The number of pyridine rings is 1. The first-order valence-corrected chi connectivity index (χ1v) is 6.01. The van der Waals surface area contributed by atoms with Gasteiger partial charge in [0.25, 0.3) is 0 Å². The predicted octanol–water partition coefficient (Wildman–Crippen LogP) is 3.24. The van der Waals surface area contributed by atoms with Crippen molar-refractivity contribution in [2.45, 2.75) is 32.2 Å². The molecule has 17 heavy (non-hydrogen) atoms. The Morgan fingerprint density at radius 2 is 2.35 bits per heavy atom. The molecule has 1 saturated carbocycles. The summed E-state index contributed by atoms with van der Waals surface area (Å²) in [6.45, 7) is 2.00. The van der Waals surface area contributed by atoms with Crippen LogP contribution in [0.5, 0.6) is 0 Å². The first kappa shape index (κ1) is 12.1. The van der Waals surface area contributed by atoms with Gasteiger partial charge in [0.05, 0.1) is 4.92 Å². The van der Waals surface area contributed by atoms with E-state index >= 15 is 0 Å². The number of halogens is 1. The van der Waals surface area contributed by atoms with Crippen LogP contribution in [0.25, 0.3) is 0 Å². The Morgan fingerprint density at radius 1 is 1.65 bits per heavy atom. The van der Waals surface area contributed by atoms with Crippen LogP contribution in [-0.2, 0) is 0 Å². The molecule has 6 heteroatoms. The minimum absolute atomic E-state index is 0.0305. The van der Waals surface area contributed by atoms with Crippen molar-refractivity contribution in [1.82, 2.24) is 4.98 Å². The number of nitrogens with one attached hydrogen (secondary N) is 1. The van der Waals surface area contributed by atoms with Gasteiger partial charge in [-0.3, -0.25) is 10.1 Å². The molecule has 0 saturated heterocycles. The standard InChI is InChI=1S/C11H14ClN3O2/c1-7(6-8-2-3-8)13-11-9(15(16)17)4-5-10(12)14-11/h4-5,7-8H,2-3,6H2,1H3,(H,13,14). The summed E-state index contributed by atoms with van der Waals surface area (Å²) in [5, 5.41) is 14.2. The van der Waals surface area contributed by atoms with E-state index in [0.717, 1.165) is 12.3 Å². The van der Waals surface area contributed by atoms with Gasteiger partial charge >= 0.3 is 5.69 Å². The van der Waals surface area contributed by atoms with Crippen LogP contribution < -0.4 is 5.32 Å². The van der Waals surface area contributed by atoms with E-state index in [1.807, 2.05) is 6.92 Å².